The second kappa shape index (κ2) is 8.59. The minimum atomic E-state index is -1.80. The van der Waals surface area contributed by atoms with Crippen molar-refractivity contribution in [3.8, 4) is 0 Å². The highest BCUT2D eigenvalue weighted by atomic mass is 19.2. The van der Waals surface area contributed by atoms with Crippen LogP contribution in [0.25, 0.3) is 0 Å². The van der Waals surface area contributed by atoms with Crippen molar-refractivity contribution in [2.45, 2.75) is 45.4 Å². The zero-order valence-electron chi connectivity index (χ0n) is 19.6. The third-order valence-electron chi connectivity index (χ3n) is 6.75. The molecule has 3 N–H and O–H groups in total. The van der Waals surface area contributed by atoms with Gasteiger partial charge in [0.25, 0.3) is 0 Å². The number of nitrogens with zero attached hydrogens (tertiary/aromatic N) is 4. The Bertz CT molecular complexity index is 1280. The number of carbonyl (C=O) groups is 3. The summed E-state index contributed by atoms with van der Waals surface area (Å²) in [6, 6.07) is 1.08. The maximum absolute atomic E-state index is 15.7. The molecule has 0 saturated carbocycles. The van der Waals surface area contributed by atoms with Crippen molar-refractivity contribution in [1.29, 1.82) is 0 Å². The van der Waals surface area contributed by atoms with Crippen molar-refractivity contribution >= 4 is 35.2 Å². The van der Waals surface area contributed by atoms with E-state index in [1.165, 1.54) is 30.3 Å². The minimum absolute atomic E-state index is 0.0430. The molecule has 1 aromatic carbocycles. The highest BCUT2D eigenvalue weighted by Crippen LogP contribution is 2.48. The number of ether oxygens (including phenoxy) is 1. The van der Waals surface area contributed by atoms with Crippen LogP contribution in [-0.4, -0.2) is 58.3 Å². The maximum atomic E-state index is 15.7. The maximum Gasteiger partial charge on any atom is 0.328 e. The predicted molar refractivity (Wildman–Crippen MR) is 123 cm³/mol. The van der Waals surface area contributed by atoms with Crippen LogP contribution in [0, 0.1) is 17.0 Å². The molecule has 13 heteroatoms. The smallest absolute Gasteiger partial charge is 0.328 e. The van der Waals surface area contributed by atoms with Crippen LogP contribution >= 0.6 is 0 Å². The summed E-state index contributed by atoms with van der Waals surface area (Å²) in [6.07, 6.45) is 1.61. The van der Waals surface area contributed by atoms with E-state index in [4.69, 9.17) is 4.74 Å². The average Bonchev–Trinajstić information content (AvgIpc) is 2.83. The molecule has 3 atom stereocenters. The lowest BCUT2D eigenvalue weighted by Gasteiger charge is -2.55. The first-order chi connectivity index (χ1) is 17.1. The van der Waals surface area contributed by atoms with Crippen LogP contribution in [0.4, 0.5) is 25.2 Å². The second-order valence-corrected chi connectivity index (χ2v) is 9.08. The summed E-state index contributed by atoms with van der Waals surface area (Å²) in [5, 5.41) is 8.38. The van der Waals surface area contributed by atoms with Gasteiger partial charge in [-0.1, -0.05) is 0 Å². The number of carbonyl (C=O) groups excluding carboxylic acids is 3. The number of amides is 4. The number of urea groups is 1. The molecule has 2 aromatic rings. The van der Waals surface area contributed by atoms with E-state index >= 15 is 8.78 Å². The van der Waals surface area contributed by atoms with Crippen LogP contribution in [0.2, 0.25) is 0 Å². The number of nitrogens with one attached hydrogen (secondary N) is 3. The first-order valence-corrected chi connectivity index (χ1v) is 11.3. The van der Waals surface area contributed by atoms with Crippen LogP contribution < -0.4 is 21.0 Å². The number of anilines is 2. The fraction of sp³-hybridized carbons (Fsp3) is 0.391. The number of benzene rings is 1. The molecular formula is C23H23F2N7O4. The minimum Gasteiger partial charge on any atom is -0.372 e. The lowest BCUT2D eigenvalue weighted by Crippen LogP contribution is -2.75. The molecule has 2 fully saturated rings. The summed E-state index contributed by atoms with van der Waals surface area (Å²) < 4.78 is 37.0. The van der Waals surface area contributed by atoms with Gasteiger partial charge >= 0.3 is 6.03 Å². The monoisotopic (exact) mass is 499 g/mol. The third kappa shape index (κ3) is 3.58. The van der Waals surface area contributed by atoms with E-state index in [2.05, 4.69) is 31.1 Å². The van der Waals surface area contributed by atoms with Crippen LogP contribution in [0.3, 0.4) is 0 Å². The Kier molecular flexibility index (Phi) is 5.66. The normalized spacial score (nSPS) is 25.1. The van der Waals surface area contributed by atoms with Crippen LogP contribution in [0.1, 0.15) is 31.9 Å². The zero-order valence-corrected chi connectivity index (χ0v) is 19.6. The molecule has 0 bridgehead atoms. The van der Waals surface area contributed by atoms with Crippen molar-refractivity contribution in [2.75, 3.05) is 16.9 Å². The number of halogens is 2. The van der Waals surface area contributed by atoms with E-state index in [1.54, 1.807) is 19.9 Å². The molecule has 3 aliphatic rings. The summed E-state index contributed by atoms with van der Waals surface area (Å²) in [6.45, 7) is 5.00. The van der Waals surface area contributed by atoms with Gasteiger partial charge in [-0.3, -0.25) is 20.2 Å². The van der Waals surface area contributed by atoms with Gasteiger partial charge in [-0.25, -0.2) is 29.0 Å². The number of hydrogen-bond donors (Lipinski definition) is 3. The molecule has 4 heterocycles. The number of barbiturate groups is 1. The number of aromatic nitrogens is 2. The van der Waals surface area contributed by atoms with Gasteiger partial charge in [0.1, 0.15) is 0 Å². The van der Waals surface area contributed by atoms with Crippen molar-refractivity contribution in [1.82, 2.24) is 20.6 Å². The SMILES string of the molecule is C/C(=N\Nc1ncccn1)c1cc2c(c(F)c1F)N1C[C@@H](C)O[C@@H](C)[C@@H]1C1(C2)C(=O)NC(=O)NC1=O. The predicted octanol–water partition coefficient (Wildman–Crippen LogP) is 1.48. The topological polar surface area (TPSA) is 138 Å². The number of hydrogen-bond acceptors (Lipinski definition) is 9. The van der Waals surface area contributed by atoms with Crippen LogP contribution in [-0.2, 0) is 20.7 Å². The Hall–Kier alpha value is -4.00. The second-order valence-electron chi connectivity index (χ2n) is 9.08. The van der Waals surface area contributed by atoms with Crippen molar-refractivity contribution in [3.05, 3.63) is 47.3 Å². The summed E-state index contributed by atoms with van der Waals surface area (Å²) in [5.41, 5.74) is 0.899. The Morgan fingerprint density at radius 2 is 1.83 bits per heavy atom. The van der Waals surface area contributed by atoms with E-state index in [-0.39, 0.29) is 41.4 Å². The highest BCUT2D eigenvalue weighted by Gasteiger charge is 2.63. The Morgan fingerprint density at radius 1 is 1.17 bits per heavy atom. The van der Waals surface area contributed by atoms with Crippen molar-refractivity contribution in [3.63, 3.8) is 0 Å². The van der Waals surface area contributed by atoms with Gasteiger partial charge in [-0.05, 0) is 38.5 Å². The summed E-state index contributed by atoms with van der Waals surface area (Å²) in [5.74, 6) is -3.72. The lowest BCUT2D eigenvalue weighted by atomic mass is 9.66. The van der Waals surface area contributed by atoms with Gasteiger partial charge in [-0.2, -0.15) is 5.10 Å². The molecule has 4 amide bonds. The largest absolute Gasteiger partial charge is 0.372 e. The lowest BCUT2D eigenvalue weighted by molar-refractivity contribution is -0.153. The first kappa shape index (κ1) is 23.7. The van der Waals surface area contributed by atoms with E-state index in [0.717, 1.165) is 0 Å². The summed E-state index contributed by atoms with van der Waals surface area (Å²) >= 11 is 0. The van der Waals surface area contributed by atoms with Gasteiger partial charge in [-0.15, -0.1) is 0 Å². The van der Waals surface area contributed by atoms with E-state index < -0.39 is 53.1 Å². The Labute approximate surface area is 204 Å². The average molecular weight is 499 g/mol. The molecule has 0 radical (unpaired) electrons. The number of fused-ring (bicyclic) bond motifs is 4. The summed E-state index contributed by atoms with van der Waals surface area (Å²) in [4.78, 5) is 47.7. The number of rotatable bonds is 3. The number of imide groups is 2. The molecule has 36 heavy (non-hydrogen) atoms. The van der Waals surface area contributed by atoms with Crippen molar-refractivity contribution < 1.29 is 27.9 Å². The van der Waals surface area contributed by atoms with E-state index in [1.807, 2.05) is 0 Å². The van der Waals surface area contributed by atoms with Crippen LogP contribution in [0.5, 0.6) is 0 Å². The number of morpholine rings is 1. The number of hydrazone groups is 1. The Balaban J connectivity index is 1.64. The molecule has 5 rings (SSSR count). The molecule has 2 saturated heterocycles. The van der Waals surface area contributed by atoms with Gasteiger partial charge < -0.3 is 9.64 Å². The zero-order chi connectivity index (χ0) is 25.8. The van der Waals surface area contributed by atoms with Gasteiger partial charge in [0.05, 0.1) is 29.6 Å². The van der Waals surface area contributed by atoms with Crippen LogP contribution in [0.15, 0.2) is 29.6 Å². The van der Waals surface area contributed by atoms with Gasteiger partial charge in [0, 0.05) is 30.9 Å². The fourth-order valence-electron chi connectivity index (χ4n) is 5.35. The molecule has 0 unspecified atom stereocenters. The fourth-order valence-corrected chi connectivity index (χ4v) is 5.35. The summed E-state index contributed by atoms with van der Waals surface area (Å²) in [7, 11) is 0. The molecule has 1 aromatic heterocycles. The van der Waals surface area contributed by atoms with E-state index in [9.17, 15) is 14.4 Å². The third-order valence-corrected chi connectivity index (χ3v) is 6.75. The van der Waals surface area contributed by atoms with E-state index in [0.29, 0.717) is 0 Å². The molecule has 3 aliphatic heterocycles. The standard InChI is InChI=1S/C23H23F2N7O4/c1-10-9-32-17-13(8-23(18(32)12(3)36-10)19(33)28-22(35)29-20(23)34)7-14(15(24)16(17)25)11(2)30-31-21-26-5-4-6-27-21/h4-7,10,12,18H,8-9H2,1-3H3,(H,26,27,31)(H2,28,29,33,34,35)/b30-11+/t10-,12+,18-/m1/s1. The first-order valence-electron chi connectivity index (χ1n) is 11.3. The quantitative estimate of drug-likeness (QED) is 0.328. The Morgan fingerprint density at radius 3 is 2.50 bits per heavy atom. The van der Waals surface area contributed by atoms with Gasteiger partial charge in [0.2, 0.25) is 17.8 Å². The van der Waals surface area contributed by atoms with Crippen molar-refractivity contribution in [2.24, 2.45) is 10.5 Å². The molecule has 0 aliphatic carbocycles. The van der Waals surface area contributed by atoms with Gasteiger partial charge in [0.15, 0.2) is 17.0 Å². The molecular weight excluding hydrogens is 476 g/mol. The molecule has 11 nitrogen and oxygen atoms in total. The molecule has 1 spiro atoms. The molecule has 188 valence electrons. The highest BCUT2D eigenvalue weighted by molar-refractivity contribution is 6.20.